The Bertz CT molecular complexity index is 832. The van der Waals surface area contributed by atoms with Crippen LogP contribution in [0.15, 0.2) is 59.6 Å². The minimum atomic E-state index is -0.292. The van der Waals surface area contributed by atoms with E-state index in [1.807, 2.05) is 60.9 Å². The van der Waals surface area contributed by atoms with Gasteiger partial charge in [-0.2, -0.15) is 0 Å². The Morgan fingerprint density at radius 2 is 1.84 bits per heavy atom. The first kappa shape index (κ1) is 17.3. The lowest BCUT2D eigenvalue weighted by Gasteiger charge is -2.32. The number of fused-ring (bicyclic) bond motifs is 1. The van der Waals surface area contributed by atoms with Crippen molar-refractivity contribution in [2.45, 2.75) is 24.3 Å². The smallest absolute Gasteiger partial charge is 0.226 e. The lowest BCUT2D eigenvalue weighted by atomic mass is 9.93. The number of hydrogen-bond donors (Lipinski definition) is 1. The van der Waals surface area contributed by atoms with Gasteiger partial charge in [-0.3, -0.25) is 9.59 Å². The summed E-state index contributed by atoms with van der Waals surface area (Å²) in [6.45, 7) is 1.52. The molecule has 25 heavy (non-hydrogen) atoms. The van der Waals surface area contributed by atoms with Gasteiger partial charge in [0, 0.05) is 18.0 Å². The summed E-state index contributed by atoms with van der Waals surface area (Å²) >= 11 is 1.59. The Labute approximate surface area is 151 Å². The highest BCUT2D eigenvalue weighted by molar-refractivity contribution is 7.98. The zero-order chi connectivity index (χ0) is 17.8. The third-order valence-electron chi connectivity index (χ3n) is 4.23. The van der Waals surface area contributed by atoms with Gasteiger partial charge in [0.1, 0.15) is 0 Å². The molecule has 1 N–H and O–H groups in total. The monoisotopic (exact) mass is 352 g/mol. The number of hydrogen-bond acceptors (Lipinski definition) is 3. The highest BCUT2D eigenvalue weighted by atomic mass is 32.2. The third-order valence-corrected chi connectivity index (χ3v) is 5.02. The molecule has 2 aromatic rings. The van der Waals surface area contributed by atoms with Gasteiger partial charge < -0.3 is 10.2 Å². The minimum absolute atomic E-state index is 0.0759. The standard InChI is InChI=1S/C20H20N2O2S/c1-14(23)22-12-11-15-7-3-4-8-16(15)18(22)13-20(24)21-17-9-5-6-10-19(17)25-2/h3-12,18H,13H2,1-2H3,(H,21,24)/t18-/m1/s1. The fraction of sp³-hybridized carbons (Fsp3) is 0.200. The van der Waals surface area contributed by atoms with Crippen LogP contribution in [0.5, 0.6) is 0 Å². The van der Waals surface area contributed by atoms with Gasteiger partial charge in [-0.05, 0) is 35.6 Å². The van der Waals surface area contributed by atoms with E-state index in [9.17, 15) is 9.59 Å². The highest BCUT2D eigenvalue weighted by Gasteiger charge is 2.28. The molecule has 0 saturated heterocycles. The molecule has 4 nitrogen and oxygen atoms in total. The van der Waals surface area contributed by atoms with Crippen molar-refractivity contribution in [3.8, 4) is 0 Å². The molecule has 3 rings (SSSR count). The molecule has 1 aliphatic rings. The second kappa shape index (κ2) is 7.57. The summed E-state index contributed by atoms with van der Waals surface area (Å²) in [4.78, 5) is 27.3. The lowest BCUT2D eigenvalue weighted by Crippen LogP contribution is -2.33. The summed E-state index contributed by atoms with van der Waals surface area (Å²) in [6.07, 6.45) is 5.86. The number of nitrogens with zero attached hydrogens (tertiary/aromatic N) is 1. The van der Waals surface area contributed by atoms with E-state index in [0.717, 1.165) is 21.7 Å². The topological polar surface area (TPSA) is 49.4 Å². The van der Waals surface area contributed by atoms with Crippen LogP contribution in [-0.4, -0.2) is 23.0 Å². The fourth-order valence-corrected chi connectivity index (χ4v) is 3.59. The molecular weight excluding hydrogens is 332 g/mol. The van der Waals surface area contributed by atoms with Crippen molar-refractivity contribution in [3.05, 3.63) is 65.9 Å². The van der Waals surface area contributed by atoms with Crippen LogP contribution >= 0.6 is 11.8 Å². The molecule has 0 bridgehead atoms. The Morgan fingerprint density at radius 1 is 1.12 bits per heavy atom. The largest absolute Gasteiger partial charge is 0.325 e. The molecule has 0 aliphatic carbocycles. The number of thioether (sulfide) groups is 1. The molecule has 0 radical (unpaired) electrons. The molecule has 0 spiro atoms. The van der Waals surface area contributed by atoms with Crippen LogP contribution in [0.3, 0.4) is 0 Å². The number of carbonyl (C=O) groups excluding carboxylic acids is 2. The average molecular weight is 352 g/mol. The number of amides is 2. The Hall–Kier alpha value is -2.53. The Kier molecular flexibility index (Phi) is 5.24. The predicted octanol–water partition coefficient (Wildman–Crippen LogP) is 4.31. The average Bonchev–Trinajstić information content (AvgIpc) is 2.62. The molecule has 0 fully saturated rings. The molecule has 1 aliphatic heterocycles. The van der Waals surface area contributed by atoms with Crippen molar-refractivity contribution in [2.75, 3.05) is 11.6 Å². The van der Waals surface area contributed by atoms with E-state index in [4.69, 9.17) is 0 Å². The quantitative estimate of drug-likeness (QED) is 0.834. The van der Waals surface area contributed by atoms with E-state index in [2.05, 4.69) is 5.32 Å². The molecule has 1 heterocycles. The van der Waals surface area contributed by atoms with Crippen LogP contribution in [0.2, 0.25) is 0 Å². The SMILES string of the molecule is CSc1ccccc1NC(=O)C[C@@H]1c2ccccc2C=CN1C(C)=O. The van der Waals surface area contributed by atoms with Crippen molar-refractivity contribution in [1.82, 2.24) is 4.90 Å². The summed E-state index contributed by atoms with van der Waals surface area (Å²) in [5, 5.41) is 2.98. The molecule has 5 heteroatoms. The van der Waals surface area contributed by atoms with Gasteiger partial charge in [-0.1, -0.05) is 36.4 Å². The number of para-hydroxylation sites is 1. The fourth-order valence-electron chi connectivity index (χ4n) is 3.04. The summed E-state index contributed by atoms with van der Waals surface area (Å²) < 4.78 is 0. The molecule has 1 atom stereocenters. The van der Waals surface area contributed by atoms with E-state index >= 15 is 0 Å². The third kappa shape index (κ3) is 3.77. The lowest BCUT2D eigenvalue weighted by molar-refractivity contribution is -0.129. The number of anilines is 1. The maximum Gasteiger partial charge on any atom is 0.226 e. The summed E-state index contributed by atoms with van der Waals surface area (Å²) in [6, 6.07) is 15.3. The van der Waals surface area contributed by atoms with E-state index in [1.54, 1.807) is 22.9 Å². The van der Waals surface area contributed by atoms with Crippen LogP contribution in [-0.2, 0) is 9.59 Å². The van der Waals surface area contributed by atoms with Crippen LogP contribution in [0, 0.1) is 0 Å². The maximum absolute atomic E-state index is 12.6. The number of carbonyl (C=O) groups is 2. The van der Waals surface area contributed by atoms with Crippen LogP contribution < -0.4 is 5.32 Å². The van der Waals surface area contributed by atoms with E-state index in [1.165, 1.54) is 6.92 Å². The highest BCUT2D eigenvalue weighted by Crippen LogP contribution is 2.33. The summed E-state index contributed by atoms with van der Waals surface area (Å²) in [7, 11) is 0. The second-order valence-corrected chi connectivity index (χ2v) is 6.69. The summed E-state index contributed by atoms with van der Waals surface area (Å²) in [5.74, 6) is -0.184. The molecule has 2 amide bonds. The van der Waals surface area contributed by atoms with Gasteiger partial charge in [-0.15, -0.1) is 11.8 Å². The maximum atomic E-state index is 12.6. The molecular formula is C20H20N2O2S. The van der Waals surface area contributed by atoms with Gasteiger partial charge in [0.25, 0.3) is 0 Å². The van der Waals surface area contributed by atoms with Gasteiger partial charge in [-0.25, -0.2) is 0 Å². The van der Waals surface area contributed by atoms with Crippen molar-refractivity contribution < 1.29 is 9.59 Å². The first-order valence-electron chi connectivity index (χ1n) is 8.09. The Morgan fingerprint density at radius 3 is 2.60 bits per heavy atom. The van der Waals surface area contributed by atoms with Crippen LogP contribution in [0.4, 0.5) is 5.69 Å². The first-order chi connectivity index (χ1) is 12.1. The molecule has 0 saturated carbocycles. The van der Waals surface area contributed by atoms with Gasteiger partial charge in [0.2, 0.25) is 11.8 Å². The van der Waals surface area contributed by atoms with Gasteiger partial charge in [0.05, 0.1) is 18.2 Å². The number of benzene rings is 2. The van der Waals surface area contributed by atoms with Crippen LogP contribution in [0.25, 0.3) is 6.08 Å². The van der Waals surface area contributed by atoms with Crippen molar-refractivity contribution >= 4 is 35.3 Å². The number of rotatable bonds is 4. The molecule has 128 valence electrons. The van der Waals surface area contributed by atoms with Crippen molar-refractivity contribution in [2.24, 2.45) is 0 Å². The van der Waals surface area contributed by atoms with E-state index < -0.39 is 0 Å². The van der Waals surface area contributed by atoms with Gasteiger partial charge >= 0.3 is 0 Å². The van der Waals surface area contributed by atoms with Crippen molar-refractivity contribution in [1.29, 1.82) is 0 Å². The minimum Gasteiger partial charge on any atom is -0.325 e. The summed E-state index contributed by atoms with van der Waals surface area (Å²) in [5.41, 5.74) is 2.84. The van der Waals surface area contributed by atoms with Crippen molar-refractivity contribution in [3.63, 3.8) is 0 Å². The predicted molar refractivity (Wildman–Crippen MR) is 102 cm³/mol. The Balaban J connectivity index is 1.83. The van der Waals surface area contributed by atoms with E-state index in [0.29, 0.717) is 0 Å². The zero-order valence-electron chi connectivity index (χ0n) is 14.2. The first-order valence-corrected chi connectivity index (χ1v) is 9.31. The van der Waals surface area contributed by atoms with Crippen LogP contribution in [0.1, 0.15) is 30.5 Å². The normalized spacial score (nSPS) is 15.6. The molecule has 0 unspecified atom stereocenters. The van der Waals surface area contributed by atoms with E-state index in [-0.39, 0.29) is 24.3 Å². The van der Waals surface area contributed by atoms with Gasteiger partial charge in [0.15, 0.2) is 0 Å². The zero-order valence-corrected chi connectivity index (χ0v) is 15.0. The second-order valence-electron chi connectivity index (χ2n) is 5.84. The molecule has 0 aromatic heterocycles. The number of nitrogens with one attached hydrogen (secondary N) is 1. The molecule has 2 aromatic carbocycles.